The van der Waals surface area contributed by atoms with E-state index >= 15 is 0 Å². The fourth-order valence-electron chi connectivity index (χ4n) is 1.80. The van der Waals surface area contributed by atoms with Crippen LogP contribution in [0.3, 0.4) is 0 Å². The lowest BCUT2D eigenvalue weighted by Gasteiger charge is -2.14. The van der Waals surface area contributed by atoms with Crippen molar-refractivity contribution in [2.75, 3.05) is 6.54 Å². The summed E-state index contributed by atoms with van der Waals surface area (Å²) >= 11 is 0. The lowest BCUT2D eigenvalue weighted by Crippen LogP contribution is -2.23. The molecule has 0 radical (unpaired) electrons. The molecule has 0 bridgehead atoms. The summed E-state index contributed by atoms with van der Waals surface area (Å²) in [4.78, 5) is 0. The first kappa shape index (κ1) is 11.9. The number of nitrogens with zero attached hydrogens (tertiary/aromatic N) is 2. The number of rotatable bonds is 5. The summed E-state index contributed by atoms with van der Waals surface area (Å²) in [5.41, 5.74) is 2.63. The predicted molar refractivity (Wildman–Crippen MR) is 69.8 cm³/mol. The Morgan fingerprint density at radius 2 is 2.06 bits per heavy atom. The van der Waals surface area contributed by atoms with Gasteiger partial charge in [0.25, 0.3) is 0 Å². The number of aromatic nitrogens is 2. The summed E-state index contributed by atoms with van der Waals surface area (Å²) in [5, 5.41) is 7.67. The highest BCUT2D eigenvalue weighted by Crippen LogP contribution is 2.12. The van der Waals surface area contributed by atoms with Crippen molar-refractivity contribution < 1.29 is 0 Å². The summed E-state index contributed by atoms with van der Waals surface area (Å²) in [7, 11) is 0. The van der Waals surface area contributed by atoms with E-state index in [2.05, 4.69) is 48.5 Å². The van der Waals surface area contributed by atoms with Crippen LogP contribution in [0.25, 0.3) is 0 Å². The zero-order valence-electron chi connectivity index (χ0n) is 10.4. The maximum Gasteiger partial charge on any atom is 0.0534 e. The molecule has 0 aliphatic heterocycles. The summed E-state index contributed by atoms with van der Waals surface area (Å²) in [5.74, 6) is 0. The Hall–Kier alpha value is -1.61. The molecule has 1 aromatic heterocycles. The van der Waals surface area contributed by atoms with Gasteiger partial charge in [0.15, 0.2) is 0 Å². The molecule has 0 aliphatic carbocycles. The molecule has 3 heteroatoms. The molecule has 0 saturated heterocycles. The van der Waals surface area contributed by atoms with Crippen molar-refractivity contribution in [2.24, 2.45) is 0 Å². The lowest BCUT2D eigenvalue weighted by atomic mass is 10.1. The first-order valence-electron chi connectivity index (χ1n) is 6.03. The number of hydrogen-bond acceptors (Lipinski definition) is 2. The van der Waals surface area contributed by atoms with Crippen LogP contribution in [0.15, 0.2) is 42.7 Å². The number of hydrogen-bond donors (Lipinski definition) is 1. The maximum absolute atomic E-state index is 4.17. The van der Waals surface area contributed by atoms with E-state index in [1.165, 1.54) is 11.1 Å². The highest BCUT2D eigenvalue weighted by molar-refractivity contribution is 5.23. The van der Waals surface area contributed by atoms with Crippen molar-refractivity contribution in [3.8, 4) is 0 Å². The van der Waals surface area contributed by atoms with Gasteiger partial charge in [0.2, 0.25) is 0 Å². The standard InChI is InChI=1S/C14H19N3/c1-12-4-6-14(7-5-12)13(2)15-9-11-17-10-3-8-16-17/h3-8,10,13,15H,9,11H2,1-2H3. The molecule has 1 N–H and O–H groups in total. The molecule has 90 valence electrons. The van der Waals surface area contributed by atoms with Crippen molar-refractivity contribution in [1.82, 2.24) is 15.1 Å². The van der Waals surface area contributed by atoms with Crippen LogP contribution in [0.2, 0.25) is 0 Å². The van der Waals surface area contributed by atoms with Gasteiger partial charge in [0.05, 0.1) is 6.54 Å². The monoisotopic (exact) mass is 229 g/mol. The molecule has 1 aromatic carbocycles. The largest absolute Gasteiger partial charge is 0.308 e. The van der Waals surface area contributed by atoms with Crippen molar-refractivity contribution in [1.29, 1.82) is 0 Å². The summed E-state index contributed by atoms with van der Waals surface area (Å²) in [6.45, 7) is 6.13. The molecule has 2 aromatic rings. The molecule has 0 fully saturated rings. The molecule has 1 unspecified atom stereocenters. The minimum absolute atomic E-state index is 0.381. The number of aryl methyl sites for hydroxylation is 1. The van der Waals surface area contributed by atoms with E-state index in [1.807, 2.05) is 23.1 Å². The second-order valence-corrected chi connectivity index (χ2v) is 4.36. The van der Waals surface area contributed by atoms with Crippen LogP contribution in [0.5, 0.6) is 0 Å². The van der Waals surface area contributed by atoms with Crippen LogP contribution in [-0.4, -0.2) is 16.3 Å². The van der Waals surface area contributed by atoms with Gasteiger partial charge in [-0.3, -0.25) is 4.68 Å². The van der Waals surface area contributed by atoms with E-state index in [0.717, 1.165) is 13.1 Å². The second kappa shape index (κ2) is 5.64. The Morgan fingerprint density at radius 1 is 1.29 bits per heavy atom. The molecular weight excluding hydrogens is 210 g/mol. The average molecular weight is 229 g/mol. The predicted octanol–water partition coefficient (Wildman–Crippen LogP) is 2.54. The van der Waals surface area contributed by atoms with Gasteiger partial charge in [-0.2, -0.15) is 5.10 Å². The van der Waals surface area contributed by atoms with Crippen molar-refractivity contribution in [3.63, 3.8) is 0 Å². The van der Waals surface area contributed by atoms with Crippen LogP contribution in [0, 0.1) is 6.92 Å². The SMILES string of the molecule is Cc1ccc(C(C)NCCn2cccn2)cc1. The average Bonchev–Trinajstić information content (AvgIpc) is 2.83. The van der Waals surface area contributed by atoms with Crippen LogP contribution in [0.4, 0.5) is 0 Å². The van der Waals surface area contributed by atoms with Gasteiger partial charge >= 0.3 is 0 Å². The molecule has 2 rings (SSSR count). The number of benzene rings is 1. The summed E-state index contributed by atoms with van der Waals surface area (Å²) in [6, 6.07) is 11.0. The fourth-order valence-corrected chi connectivity index (χ4v) is 1.80. The quantitative estimate of drug-likeness (QED) is 0.854. The van der Waals surface area contributed by atoms with Crippen molar-refractivity contribution >= 4 is 0 Å². The molecule has 1 atom stereocenters. The van der Waals surface area contributed by atoms with Gasteiger partial charge in [0, 0.05) is 25.0 Å². The van der Waals surface area contributed by atoms with Crippen LogP contribution < -0.4 is 5.32 Å². The van der Waals surface area contributed by atoms with Gasteiger partial charge in [-0.15, -0.1) is 0 Å². The maximum atomic E-state index is 4.17. The normalized spacial score (nSPS) is 12.6. The Balaban J connectivity index is 1.81. The van der Waals surface area contributed by atoms with Gasteiger partial charge < -0.3 is 5.32 Å². The Labute approximate surface area is 102 Å². The third-order valence-corrected chi connectivity index (χ3v) is 2.93. The Kier molecular flexibility index (Phi) is 3.94. The summed E-state index contributed by atoms with van der Waals surface area (Å²) < 4.78 is 1.94. The van der Waals surface area contributed by atoms with E-state index in [1.54, 1.807) is 0 Å². The lowest BCUT2D eigenvalue weighted by molar-refractivity contribution is 0.507. The number of nitrogens with one attached hydrogen (secondary N) is 1. The Morgan fingerprint density at radius 3 is 2.71 bits per heavy atom. The molecular formula is C14H19N3. The van der Waals surface area contributed by atoms with Crippen LogP contribution in [-0.2, 0) is 6.54 Å². The van der Waals surface area contributed by atoms with Gasteiger partial charge in [-0.25, -0.2) is 0 Å². The van der Waals surface area contributed by atoms with E-state index in [4.69, 9.17) is 0 Å². The van der Waals surface area contributed by atoms with E-state index in [9.17, 15) is 0 Å². The van der Waals surface area contributed by atoms with Crippen molar-refractivity contribution in [3.05, 3.63) is 53.9 Å². The minimum atomic E-state index is 0.381. The molecule has 0 spiro atoms. The first-order chi connectivity index (χ1) is 8.25. The third-order valence-electron chi connectivity index (χ3n) is 2.93. The molecule has 1 heterocycles. The molecule has 17 heavy (non-hydrogen) atoms. The van der Waals surface area contributed by atoms with Gasteiger partial charge in [-0.05, 0) is 25.5 Å². The molecule has 3 nitrogen and oxygen atoms in total. The van der Waals surface area contributed by atoms with E-state index < -0.39 is 0 Å². The topological polar surface area (TPSA) is 29.9 Å². The third kappa shape index (κ3) is 3.43. The zero-order valence-corrected chi connectivity index (χ0v) is 10.4. The highest BCUT2D eigenvalue weighted by Gasteiger charge is 2.03. The molecule has 0 aliphatic rings. The summed E-state index contributed by atoms with van der Waals surface area (Å²) in [6.07, 6.45) is 3.79. The fraction of sp³-hybridized carbons (Fsp3) is 0.357. The van der Waals surface area contributed by atoms with Gasteiger partial charge in [-0.1, -0.05) is 29.8 Å². The smallest absolute Gasteiger partial charge is 0.0534 e. The first-order valence-corrected chi connectivity index (χ1v) is 6.03. The van der Waals surface area contributed by atoms with E-state index in [-0.39, 0.29) is 0 Å². The Bertz CT molecular complexity index is 431. The van der Waals surface area contributed by atoms with Crippen molar-refractivity contribution in [2.45, 2.75) is 26.4 Å². The minimum Gasteiger partial charge on any atom is -0.308 e. The highest BCUT2D eigenvalue weighted by atomic mass is 15.3. The van der Waals surface area contributed by atoms with Gasteiger partial charge in [0.1, 0.15) is 0 Å². The molecule has 0 saturated carbocycles. The second-order valence-electron chi connectivity index (χ2n) is 4.36. The zero-order chi connectivity index (χ0) is 12.1. The molecule has 0 amide bonds. The van der Waals surface area contributed by atoms with Crippen LogP contribution in [0.1, 0.15) is 24.1 Å². The van der Waals surface area contributed by atoms with Crippen LogP contribution >= 0.6 is 0 Å². The van der Waals surface area contributed by atoms with E-state index in [0.29, 0.717) is 6.04 Å².